The molecule has 0 saturated heterocycles. The zero-order chi connectivity index (χ0) is 15.1. The largest absolute Gasteiger partial charge is 0.376 e. The molecule has 3 nitrogen and oxygen atoms in total. The Labute approximate surface area is 128 Å². The van der Waals surface area contributed by atoms with Crippen LogP contribution in [0.5, 0.6) is 0 Å². The lowest BCUT2D eigenvalue weighted by Gasteiger charge is -2.35. The van der Waals surface area contributed by atoms with Crippen LogP contribution in [-0.4, -0.2) is 32.0 Å². The van der Waals surface area contributed by atoms with Gasteiger partial charge in [-0.25, -0.2) is 0 Å². The standard InChI is InChI=1S/C18H29NO2/c1-14(2)20-10-11-21-18-12-16(8-9-17(18)13-19)15-6-4-3-5-7-15/h3-7,14,16-18H,8-13,19H2,1-2H3. The van der Waals surface area contributed by atoms with Crippen LogP contribution in [0, 0.1) is 5.92 Å². The van der Waals surface area contributed by atoms with E-state index in [-0.39, 0.29) is 12.2 Å². The Hall–Kier alpha value is -0.900. The highest BCUT2D eigenvalue weighted by Gasteiger charge is 2.30. The van der Waals surface area contributed by atoms with Gasteiger partial charge in [0, 0.05) is 0 Å². The first-order chi connectivity index (χ1) is 10.2. The molecule has 1 aliphatic carbocycles. The molecule has 0 radical (unpaired) electrons. The van der Waals surface area contributed by atoms with Crippen LogP contribution < -0.4 is 5.73 Å². The molecule has 1 fully saturated rings. The van der Waals surface area contributed by atoms with E-state index in [2.05, 4.69) is 44.2 Å². The second kappa shape index (κ2) is 8.52. The van der Waals surface area contributed by atoms with E-state index >= 15 is 0 Å². The van der Waals surface area contributed by atoms with Crippen molar-refractivity contribution in [1.82, 2.24) is 0 Å². The zero-order valence-corrected chi connectivity index (χ0v) is 13.3. The van der Waals surface area contributed by atoms with Gasteiger partial charge in [-0.15, -0.1) is 0 Å². The minimum atomic E-state index is 0.266. The van der Waals surface area contributed by atoms with E-state index in [1.54, 1.807) is 0 Å². The maximum absolute atomic E-state index is 6.08. The smallest absolute Gasteiger partial charge is 0.0704 e. The van der Waals surface area contributed by atoms with Crippen molar-refractivity contribution in [3.8, 4) is 0 Å². The molecule has 118 valence electrons. The van der Waals surface area contributed by atoms with Crippen LogP contribution in [0.2, 0.25) is 0 Å². The van der Waals surface area contributed by atoms with Gasteiger partial charge in [0.2, 0.25) is 0 Å². The molecule has 21 heavy (non-hydrogen) atoms. The van der Waals surface area contributed by atoms with E-state index in [0.29, 0.717) is 25.0 Å². The zero-order valence-electron chi connectivity index (χ0n) is 13.3. The maximum Gasteiger partial charge on any atom is 0.0704 e. The molecule has 0 aromatic heterocycles. The van der Waals surface area contributed by atoms with Crippen LogP contribution in [0.1, 0.15) is 44.6 Å². The Morgan fingerprint density at radius 1 is 1.14 bits per heavy atom. The summed E-state index contributed by atoms with van der Waals surface area (Å²) in [6.07, 6.45) is 3.99. The summed E-state index contributed by atoms with van der Waals surface area (Å²) >= 11 is 0. The molecule has 2 rings (SSSR count). The molecule has 0 aliphatic heterocycles. The van der Waals surface area contributed by atoms with Crippen molar-refractivity contribution in [1.29, 1.82) is 0 Å². The van der Waals surface area contributed by atoms with Crippen molar-refractivity contribution in [2.24, 2.45) is 11.7 Å². The highest BCUT2D eigenvalue weighted by Crippen LogP contribution is 2.36. The van der Waals surface area contributed by atoms with Gasteiger partial charge in [-0.1, -0.05) is 30.3 Å². The van der Waals surface area contributed by atoms with E-state index in [4.69, 9.17) is 15.2 Å². The highest BCUT2D eigenvalue weighted by atomic mass is 16.5. The lowest BCUT2D eigenvalue weighted by Crippen LogP contribution is -2.36. The fraction of sp³-hybridized carbons (Fsp3) is 0.667. The number of hydrogen-bond donors (Lipinski definition) is 1. The predicted molar refractivity (Wildman–Crippen MR) is 86.4 cm³/mol. The predicted octanol–water partition coefficient (Wildman–Crippen LogP) is 3.34. The summed E-state index contributed by atoms with van der Waals surface area (Å²) in [6.45, 7) is 6.16. The molecule has 1 saturated carbocycles. The van der Waals surface area contributed by atoms with E-state index in [1.807, 2.05) is 0 Å². The molecule has 0 heterocycles. The molecule has 1 aliphatic rings. The summed E-state index contributed by atoms with van der Waals surface area (Å²) < 4.78 is 11.6. The van der Waals surface area contributed by atoms with Crippen LogP contribution in [0.15, 0.2) is 30.3 Å². The van der Waals surface area contributed by atoms with Gasteiger partial charge in [0.1, 0.15) is 0 Å². The molecule has 0 spiro atoms. The number of ether oxygens (including phenoxy) is 2. The van der Waals surface area contributed by atoms with Crippen LogP contribution in [0.3, 0.4) is 0 Å². The lowest BCUT2D eigenvalue weighted by molar-refractivity contribution is -0.0485. The number of nitrogens with two attached hydrogens (primary N) is 1. The van der Waals surface area contributed by atoms with Gasteiger partial charge < -0.3 is 15.2 Å². The van der Waals surface area contributed by atoms with Crippen LogP contribution >= 0.6 is 0 Å². The SMILES string of the molecule is CC(C)OCCOC1CC(c2ccccc2)CCC1CN. The van der Waals surface area contributed by atoms with Crippen molar-refractivity contribution >= 4 is 0 Å². The second-order valence-corrected chi connectivity index (χ2v) is 6.25. The van der Waals surface area contributed by atoms with Gasteiger partial charge >= 0.3 is 0 Å². The first kappa shape index (κ1) is 16.5. The van der Waals surface area contributed by atoms with E-state index < -0.39 is 0 Å². The minimum Gasteiger partial charge on any atom is -0.376 e. The third-order valence-corrected chi connectivity index (χ3v) is 4.37. The number of benzene rings is 1. The number of hydrogen-bond acceptors (Lipinski definition) is 3. The molecule has 0 bridgehead atoms. The van der Waals surface area contributed by atoms with Gasteiger partial charge in [0.05, 0.1) is 25.4 Å². The summed E-state index contributed by atoms with van der Waals surface area (Å²) in [6, 6.07) is 10.8. The lowest BCUT2D eigenvalue weighted by atomic mass is 9.77. The van der Waals surface area contributed by atoms with Gasteiger partial charge in [-0.3, -0.25) is 0 Å². The van der Waals surface area contributed by atoms with Crippen LogP contribution in [0.25, 0.3) is 0 Å². The fourth-order valence-corrected chi connectivity index (χ4v) is 3.18. The first-order valence-corrected chi connectivity index (χ1v) is 8.19. The molecule has 3 heteroatoms. The summed E-state index contributed by atoms with van der Waals surface area (Å²) in [5.41, 5.74) is 7.35. The molecular formula is C18H29NO2. The summed E-state index contributed by atoms with van der Waals surface area (Å²) in [5.74, 6) is 1.09. The van der Waals surface area contributed by atoms with Gasteiger partial charge in [-0.2, -0.15) is 0 Å². The van der Waals surface area contributed by atoms with Crippen molar-refractivity contribution < 1.29 is 9.47 Å². The van der Waals surface area contributed by atoms with E-state index in [1.165, 1.54) is 12.0 Å². The topological polar surface area (TPSA) is 44.5 Å². The summed E-state index contributed by atoms with van der Waals surface area (Å²) in [4.78, 5) is 0. The molecular weight excluding hydrogens is 262 g/mol. The average Bonchev–Trinajstić information content (AvgIpc) is 2.52. The van der Waals surface area contributed by atoms with Gasteiger partial charge in [0.15, 0.2) is 0 Å². The van der Waals surface area contributed by atoms with E-state index in [9.17, 15) is 0 Å². The second-order valence-electron chi connectivity index (χ2n) is 6.25. The average molecular weight is 291 g/mol. The Morgan fingerprint density at radius 2 is 1.90 bits per heavy atom. The third-order valence-electron chi connectivity index (χ3n) is 4.37. The molecule has 2 N–H and O–H groups in total. The third kappa shape index (κ3) is 5.10. The molecule has 1 aromatic carbocycles. The van der Waals surface area contributed by atoms with Crippen molar-refractivity contribution in [2.75, 3.05) is 19.8 Å². The summed E-state index contributed by atoms with van der Waals surface area (Å²) in [5, 5.41) is 0. The van der Waals surface area contributed by atoms with E-state index in [0.717, 1.165) is 19.4 Å². The first-order valence-electron chi connectivity index (χ1n) is 8.19. The normalized spacial score (nSPS) is 26.2. The van der Waals surface area contributed by atoms with Crippen LogP contribution in [0.4, 0.5) is 0 Å². The molecule has 1 aromatic rings. The number of rotatable bonds is 7. The fourth-order valence-electron chi connectivity index (χ4n) is 3.18. The van der Waals surface area contributed by atoms with Crippen molar-refractivity contribution in [3.63, 3.8) is 0 Å². The Balaban J connectivity index is 1.87. The van der Waals surface area contributed by atoms with Crippen molar-refractivity contribution in [3.05, 3.63) is 35.9 Å². The molecule has 3 atom stereocenters. The quantitative estimate of drug-likeness (QED) is 0.784. The molecule has 0 amide bonds. The van der Waals surface area contributed by atoms with Gasteiger partial charge in [0.25, 0.3) is 0 Å². The highest BCUT2D eigenvalue weighted by molar-refractivity contribution is 5.20. The Morgan fingerprint density at radius 3 is 2.57 bits per heavy atom. The Bertz CT molecular complexity index is 393. The van der Waals surface area contributed by atoms with Crippen LogP contribution in [-0.2, 0) is 9.47 Å². The Kier molecular flexibility index (Phi) is 6.68. The minimum absolute atomic E-state index is 0.266. The van der Waals surface area contributed by atoms with Crippen molar-refractivity contribution in [2.45, 2.75) is 51.2 Å². The summed E-state index contributed by atoms with van der Waals surface area (Å²) in [7, 11) is 0. The maximum atomic E-state index is 6.08. The van der Waals surface area contributed by atoms with Gasteiger partial charge in [-0.05, 0) is 57.1 Å². The monoisotopic (exact) mass is 291 g/mol. The molecule has 3 unspecified atom stereocenters.